The van der Waals surface area contributed by atoms with Crippen LogP contribution in [0.25, 0.3) is 16.5 Å². The fourth-order valence-corrected chi connectivity index (χ4v) is 5.79. The van der Waals surface area contributed by atoms with Crippen LogP contribution in [0.4, 0.5) is 28.4 Å². The maximum Gasteiger partial charge on any atom is 1.00 e. The van der Waals surface area contributed by atoms with E-state index in [-0.39, 0.29) is 102 Å². The molecule has 55 heavy (non-hydrogen) atoms. The SMILES string of the molecule is Cc1[nH]n(-c2cccc(S([NH3+])(=O)=O)c2)c(=O)c1N=Nc1cc([N+](=O)[O-])ccc1[O-].NS(=O)(=O)c1ccc(O)c(N=Nc2c(O)ccc3ccccc23)c1.[Cr].[Na+]. The van der Waals surface area contributed by atoms with Crippen molar-refractivity contribution in [2.75, 3.05) is 0 Å². The first-order valence-electron chi connectivity index (χ1n) is 14.8. The number of primary sulfonamides is 1. The number of nitro groups is 1. The number of rotatable bonds is 8. The van der Waals surface area contributed by atoms with Crippen molar-refractivity contribution < 1.29 is 89.1 Å². The van der Waals surface area contributed by atoms with Crippen molar-refractivity contribution >= 4 is 59.3 Å². The summed E-state index contributed by atoms with van der Waals surface area (Å²) in [4.78, 5) is 22.5. The molecule has 5 aromatic carbocycles. The van der Waals surface area contributed by atoms with E-state index in [0.29, 0.717) is 11.1 Å². The third kappa shape index (κ3) is 10.5. The maximum atomic E-state index is 12.7. The number of fused-ring (bicyclic) bond motifs is 1. The fourth-order valence-electron chi connectivity index (χ4n) is 4.67. The number of nitro benzene ring substituents is 1. The molecule has 0 aliphatic heterocycles. The van der Waals surface area contributed by atoms with Crippen LogP contribution in [0.15, 0.2) is 132 Å². The van der Waals surface area contributed by atoms with Gasteiger partial charge in [0.15, 0.2) is 5.69 Å². The monoisotopic (exact) mass is 836 g/mol. The van der Waals surface area contributed by atoms with Crippen molar-refractivity contribution in [2.24, 2.45) is 25.6 Å². The fraction of sp³-hybridized carbons (Fsp3) is 0.0312. The van der Waals surface area contributed by atoms with Gasteiger partial charge < -0.3 is 15.3 Å². The number of hydrogen-bond donors (Lipinski definition) is 5. The first kappa shape index (κ1) is 44.1. The molecule has 19 nitrogen and oxygen atoms in total. The molecule has 0 amide bonds. The smallest absolute Gasteiger partial charge is 0.871 e. The number of non-ortho nitro benzene ring substituents is 1. The van der Waals surface area contributed by atoms with Gasteiger partial charge in [-0.3, -0.25) is 20.0 Å². The molecule has 1 heterocycles. The number of sulfonamides is 2. The Labute approximate surface area is 344 Å². The van der Waals surface area contributed by atoms with Gasteiger partial charge in [-0.05, 0) is 54.8 Å². The summed E-state index contributed by atoms with van der Waals surface area (Å²) in [6.45, 7) is 1.53. The van der Waals surface area contributed by atoms with Crippen molar-refractivity contribution in [3.8, 4) is 22.9 Å². The van der Waals surface area contributed by atoms with E-state index >= 15 is 0 Å². The molecular weight excluding hydrogens is 810 g/mol. The van der Waals surface area contributed by atoms with E-state index in [1.165, 1.54) is 43.3 Å². The summed E-state index contributed by atoms with van der Waals surface area (Å²) in [5, 5.41) is 70.1. The van der Waals surface area contributed by atoms with Crippen LogP contribution in [0.3, 0.4) is 0 Å². The van der Waals surface area contributed by atoms with E-state index < -0.39 is 36.3 Å². The van der Waals surface area contributed by atoms with Gasteiger partial charge in [0.25, 0.3) is 11.2 Å². The molecular formula is C32H27CrN9NaO10S2+. The second-order valence-electron chi connectivity index (χ2n) is 11.0. The maximum absolute atomic E-state index is 12.7. The van der Waals surface area contributed by atoms with Crippen molar-refractivity contribution in [1.82, 2.24) is 9.78 Å². The summed E-state index contributed by atoms with van der Waals surface area (Å²) in [6.07, 6.45) is 0. The number of aryl methyl sites for hydroxylation is 1. The van der Waals surface area contributed by atoms with Gasteiger partial charge in [0.2, 0.25) is 10.0 Å². The number of nitrogens with two attached hydrogens (primary N) is 1. The minimum atomic E-state index is -3.93. The van der Waals surface area contributed by atoms with Crippen LogP contribution >= 0.6 is 0 Å². The molecule has 0 aliphatic carbocycles. The van der Waals surface area contributed by atoms with Gasteiger partial charge in [-0.25, -0.2) is 23.4 Å². The molecule has 8 N–H and O–H groups in total. The van der Waals surface area contributed by atoms with E-state index in [1.807, 2.05) is 12.1 Å². The standard InChI is InChI=1S/C16H14N6O6S.C16H13N3O4S.Cr.Na/c1-9-15(19-18-13-8-11(22(25)26)5-6-14(13)23)16(24)21(20-9)10-3-2-4-12(7-10)29(17,27)28;17-24(22,23)11-6-8-14(20)13(9-11)18-19-16-12-4-2-1-3-10(12)5-7-15(16)21;;/h2-8,20,23H,1H3,(H2,17,27,28);1-9,20-21H,(H2,17,22,23);;/q;;;+1. The summed E-state index contributed by atoms with van der Waals surface area (Å²) < 4.78 is 47.1. The average molecular weight is 837 g/mol. The number of benzene rings is 5. The Balaban J connectivity index is 0.000000289. The Bertz CT molecular complexity index is 2760. The number of aromatic amines is 1. The van der Waals surface area contributed by atoms with Gasteiger partial charge in [0.05, 0.1) is 26.9 Å². The second-order valence-corrected chi connectivity index (χ2v) is 14.3. The Hall–Kier alpha value is -5.28. The third-order valence-corrected chi connectivity index (χ3v) is 9.18. The molecule has 0 unspecified atom stereocenters. The van der Waals surface area contributed by atoms with E-state index in [2.05, 4.69) is 30.7 Å². The molecule has 0 saturated carbocycles. The van der Waals surface area contributed by atoms with E-state index in [9.17, 15) is 47.1 Å². The molecule has 23 heteroatoms. The Morgan fingerprint density at radius 1 is 0.800 bits per heavy atom. The van der Waals surface area contributed by atoms with Crippen LogP contribution in [0.1, 0.15) is 5.69 Å². The summed E-state index contributed by atoms with van der Waals surface area (Å²) in [5.74, 6) is -0.938. The van der Waals surface area contributed by atoms with Crippen molar-refractivity contribution in [2.45, 2.75) is 16.7 Å². The Morgan fingerprint density at radius 2 is 1.45 bits per heavy atom. The number of H-pyrrole nitrogens is 1. The minimum absolute atomic E-state index is 0. The molecule has 0 saturated heterocycles. The number of nitrogens with one attached hydrogen (secondary N) is 1. The molecule has 6 rings (SSSR count). The molecule has 0 aliphatic rings. The topological polar surface area (TPSA) is 316 Å². The predicted molar refractivity (Wildman–Crippen MR) is 187 cm³/mol. The molecule has 0 spiro atoms. The quantitative estimate of drug-likeness (QED) is 0.0630. The van der Waals surface area contributed by atoms with E-state index in [4.69, 9.17) is 5.14 Å². The van der Waals surface area contributed by atoms with Gasteiger partial charge in [-0.1, -0.05) is 48.2 Å². The zero-order valence-corrected chi connectivity index (χ0v) is 33.5. The van der Waals surface area contributed by atoms with E-state index in [0.717, 1.165) is 40.4 Å². The Kier molecular flexibility index (Phi) is 14.4. The van der Waals surface area contributed by atoms with Gasteiger partial charge >= 0.3 is 39.6 Å². The molecule has 0 fully saturated rings. The molecule has 0 bridgehead atoms. The van der Waals surface area contributed by atoms with Crippen LogP contribution < -0.4 is 50.5 Å². The molecule has 278 valence electrons. The molecule has 1 aromatic heterocycles. The van der Waals surface area contributed by atoms with Crippen LogP contribution in [-0.4, -0.2) is 41.8 Å². The molecule has 0 atom stereocenters. The minimum Gasteiger partial charge on any atom is -0.871 e. The van der Waals surface area contributed by atoms with Gasteiger partial charge in [-0.2, -0.15) is 13.5 Å². The molecule has 6 aromatic rings. The average Bonchev–Trinajstić information content (AvgIpc) is 3.39. The number of hydrogen-bond acceptors (Lipinski definition) is 14. The van der Waals surface area contributed by atoms with Crippen LogP contribution in [0.2, 0.25) is 0 Å². The Morgan fingerprint density at radius 3 is 2.13 bits per heavy atom. The van der Waals surface area contributed by atoms with Gasteiger partial charge in [0.1, 0.15) is 27.8 Å². The number of aromatic nitrogens is 2. The summed E-state index contributed by atoms with van der Waals surface area (Å²) in [5.41, 5.74) is -0.767. The summed E-state index contributed by atoms with van der Waals surface area (Å²) >= 11 is 0. The number of phenolic OH excluding ortho intramolecular Hbond substituents is 2. The van der Waals surface area contributed by atoms with Crippen LogP contribution in [0.5, 0.6) is 17.2 Å². The normalized spacial score (nSPS) is 11.5. The summed E-state index contributed by atoms with van der Waals surface area (Å²) in [7, 11) is -7.65. The molecule has 0 radical (unpaired) electrons. The number of nitrogens with zero attached hydrogens (tertiary/aromatic N) is 6. The zero-order valence-electron chi connectivity index (χ0n) is 28.6. The van der Waals surface area contributed by atoms with Crippen molar-refractivity contribution in [3.05, 3.63) is 123 Å². The second kappa shape index (κ2) is 17.9. The number of quaternary nitrogens is 1. The first-order chi connectivity index (χ1) is 24.9. The van der Waals surface area contributed by atoms with Gasteiger partial charge in [0, 0.05) is 34.9 Å². The number of phenols is 2. The van der Waals surface area contributed by atoms with Crippen LogP contribution in [-0.2, 0) is 37.4 Å². The van der Waals surface area contributed by atoms with Crippen molar-refractivity contribution in [1.29, 1.82) is 0 Å². The third-order valence-electron chi connectivity index (χ3n) is 7.30. The predicted octanol–water partition coefficient (Wildman–Crippen LogP) is 1.12. The van der Waals surface area contributed by atoms with Crippen LogP contribution in [0, 0.1) is 17.0 Å². The first-order valence-corrected chi connectivity index (χ1v) is 18.0. The number of azo groups is 2. The zero-order chi connectivity index (χ0) is 38.7. The van der Waals surface area contributed by atoms with Gasteiger partial charge in [-0.15, -0.1) is 15.3 Å². The van der Waals surface area contributed by atoms with E-state index in [1.54, 1.807) is 18.2 Å². The largest absolute Gasteiger partial charge is 1.00 e. The number of aromatic hydroxyl groups is 2. The van der Waals surface area contributed by atoms with Crippen molar-refractivity contribution in [3.63, 3.8) is 0 Å². The summed E-state index contributed by atoms with van der Waals surface area (Å²) in [6, 6.07) is 22.5.